The molecule has 0 bridgehead atoms. The van der Waals surface area contributed by atoms with E-state index in [2.05, 4.69) is 10.1 Å². The van der Waals surface area contributed by atoms with E-state index in [4.69, 9.17) is 32.8 Å². The third kappa shape index (κ3) is 3.66. The molecule has 1 aliphatic rings. The van der Waals surface area contributed by atoms with Crippen LogP contribution in [0.5, 0.6) is 11.6 Å². The molecule has 0 aliphatic carbocycles. The second-order valence-corrected chi connectivity index (χ2v) is 6.66. The molecule has 1 atom stereocenters. The highest BCUT2D eigenvalue weighted by atomic mass is 35.5. The summed E-state index contributed by atoms with van der Waals surface area (Å²) in [7, 11) is 0. The monoisotopic (exact) mass is 384 g/mol. The summed E-state index contributed by atoms with van der Waals surface area (Å²) in [5.74, 6) is 0.944. The lowest BCUT2D eigenvalue weighted by molar-refractivity contribution is 0.0857. The fourth-order valence-electron chi connectivity index (χ4n) is 2.70. The van der Waals surface area contributed by atoms with E-state index in [1.165, 1.54) is 6.20 Å². The zero-order valence-corrected chi connectivity index (χ0v) is 15.1. The third-order valence-corrected chi connectivity index (χ3v) is 4.49. The van der Waals surface area contributed by atoms with Crippen LogP contribution in [0.1, 0.15) is 23.7 Å². The van der Waals surface area contributed by atoms with Crippen molar-refractivity contribution in [1.29, 1.82) is 0 Å². The van der Waals surface area contributed by atoms with E-state index in [-0.39, 0.29) is 6.10 Å². The number of benzene rings is 2. The van der Waals surface area contributed by atoms with Gasteiger partial charge in [-0.2, -0.15) is 0 Å². The summed E-state index contributed by atoms with van der Waals surface area (Å²) in [6, 6.07) is 19.2. The number of ether oxygens (including phenoxy) is 1. The summed E-state index contributed by atoms with van der Waals surface area (Å²) < 4.78 is 5.70. The molecule has 2 heterocycles. The van der Waals surface area contributed by atoms with Crippen LogP contribution in [0.2, 0.25) is 10.0 Å². The van der Waals surface area contributed by atoms with Gasteiger partial charge in [0, 0.05) is 12.6 Å². The van der Waals surface area contributed by atoms with Crippen molar-refractivity contribution in [2.75, 3.05) is 0 Å². The van der Waals surface area contributed by atoms with E-state index >= 15 is 0 Å². The van der Waals surface area contributed by atoms with E-state index in [0.717, 1.165) is 23.3 Å². The minimum atomic E-state index is -0.0424. The summed E-state index contributed by atoms with van der Waals surface area (Å²) in [5, 5.41) is 5.05. The molecule has 1 aromatic heterocycles. The highest BCUT2D eigenvalue weighted by Gasteiger charge is 2.23. The lowest BCUT2D eigenvalue weighted by atomic mass is 10.0. The highest BCUT2D eigenvalue weighted by Crippen LogP contribution is 2.31. The van der Waals surface area contributed by atoms with Crippen molar-refractivity contribution < 1.29 is 9.57 Å². The molecule has 0 spiro atoms. The van der Waals surface area contributed by atoms with Crippen LogP contribution in [-0.2, 0) is 4.84 Å². The summed E-state index contributed by atoms with van der Waals surface area (Å²) in [6.07, 6.45) is 2.18. The largest absolute Gasteiger partial charge is 0.438 e. The quantitative estimate of drug-likeness (QED) is 0.549. The Bertz CT molecular complexity index is 944. The molecule has 0 amide bonds. The standard InChI is InChI=1S/C20H14Cl2N2O2/c21-15-10-17(22)20(23-12-15)25-16-8-6-13(7-9-16)18-11-19(26-24-18)14-4-2-1-3-5-14/h1-10,12,19H,11H2. The second kappa shape index (κ2) is 7.36. The van der Waals surface area contributed by atoms with Gasteiger partial charge in [0.1, 0.15) is 10.8 Å². The number of oxime groups is 1. The van der Waals surface area contributed by atoms with E-state index in [0.29, 0.717) is 21.7 Å². The number of halogens is 2. The first-order valence-electron chi connectivity index (χ1n) is 8.06. The van der Waals surface area contributed by atoms with Gasteiger partial charge in [0.25, 0.3) is 0 Å². The molecule has 4 rings (SSSR count). The second-order valence-electron chi connectivity index (χ2n) is 5.81. The van der Waals surface area contributed by atoms with E-state index in [1.54, 1.807) is 6.07 Å². The van der Waals surface area contributed by atoms with Gasteiger partial charge in [0.05, 0.1) is 10.7 Å². The smallest absolute Gasteiger partial charge is 0.238 e. The molecule has 0 fully saturated rings. The van der Waals surface area contributed by atoms with E-state index < -0.39 is 0 Å². The van der Waals surface area contributed by atoms with E-state index in [1.807, 2.05) is 54.6 Å². The number of rotatable bonds is 4. The Morgan fingerprint density at radius 3 is 2.50 bits per heavy atom. The van der Waals surface area contributed by atoms with Crippen LogP contribution in [0.15, 0.2) is 72.0 Å². The zero-order chi connectivity index (χ0) is 17.9. The van der Waals surface area contributed by atoms with Gasteiger partial charge in [-0.15, -0.1) is 0 Å². The minimum absolute atomic E-state index is 0.0424. The van der Waals surface area contributed by atoms with Crippen molar-refractivity contribution >= 4 is 28.9 Å². The Morgan fingerprint density at radius 1 is 1.00 bits per heavy atom. The van der Waals surface area contributed by atoms with Crippen molar-refractivity contribution in [2.45, 2.75) is 12.5 Å². The zero-order valence-electron chi connectivity index (χ0n) is 13.6. The van der Waals surface area contributed by atoms with Gasteiger partial charge in [0.2, 0.25) is 5.88 Å². The number of aromatic nitrogens is 1. The van der Waals surface area contributed by atoms with Gasteiger partial charge in [0.15, 0.2) is 6.10 Å². The van der Waals surface area contributed by atoms with Crippen molar-refractivity contribution in [3.63, 3.8) is 0 Å². The third-order valence-electron chi connectivity index (χ3n) is 4.02. The molecule has 0 saturated carbocycles. The molecule has 1 unspecified atom stereocenters. The van der Waals surface area contributed by atoms with Crippen LogP contribution in [0.3, 0.4) is 0 Å². The van der Waals surface area contributed by atoms with Crippen molar-refractivity contribution in [3.05, 3.63) is 88.0 Å². The molecule has 26 heavy (non-hydrogen) atoms. The molecular formula is C20H14Cl2N2O2. The summed E-state index contributed by atoms with van der Waals surface area (Å²) in [5.41, 5.74) is 3.02. The van der Waals surface area contributed by atoms with Crippen LogP contribution in [0.4, 0.5) is 0 Å². The molecule has 0 radical (unpaired) electrons. The lowest BCUT2D eigenvalue weighted by Crippen LogP contribution is -2.01. The number of hydrogen-bond donors (Lipinski definition) is 0. The van der Waals surface area contributed by atoms with Gasteiger partial charge < -0.3 is 9.57 Å². The Balaban J connectivity index is 1.45. The molecule has 1 aliphatic heterocycles. The van der Waals surface area contributed by atoms with Crippen molar-refractivity contribution in [2.24, 2.45) is 5.16 Å². The Kier molecular flexibility index (Phi) is 4.78. The normalized spacial score (nSPS) is 16.1. The average molecular weight is 385 g/mol. The van der Waals surface area contributed by atoms with Crippen LogP contribution in [0, 0.1) is 0 Å². The first-order chi connectivity index (χ1) is 12.7. The lowest BCUT2D eigenvalue weighted by Gasteiger charge is -2.08. The van der Waals surface area contributed by atoms with Crippen LogP contribution in [-0.4, -0.2) is 10.7 Å². The average Bonchev–Trinajstić information content (AvgIpc) is 3.16. The maximum atomic E-state index is 6.08. The molecule has 4 nitrogen and oxygen atoms in total. The molecule has 3 aromatic rings. The van der Waals surface area contributed by atoms with Crippen LogP contribution in [0.25, 0.3) is 0 Å². The molecule has 0 N–H and O–H groups in total. The van der Waals surface area contributed by atoms with Gasteiger partial charge in [-0.05, 0) is 41.5 Å². The predicted molar refractivity (Wildman–Crippen MR) is 102 cm³/mol. The molecule has 0 saturated heterocycles. The summed E-state index contributed by atoms with van der Waals surface area (Å²) in [6.45, 7) is 0. The Morgan fingerprint density at radius 2 is 1.77 bits per heavy atom. The first-order valence-corrected chi connectivity index (χ1v) is 8.81. The highest BCUT2D eigenvalue weighted by molar-refractivity contribution is 6.35. The van der Waals surface area contributed by atoms with Crippen molar-refractivity contribution in [1.82, 2.24) is 4.98 Å². The Hall–Kier alpha value is -2.56. The fraction of sp³-hybridized carbons (Fsp3) is 0.100. The van der Waals surface area contributed by atoms with Crippen molar-refractivity contribution in [3.8, 4) is 11.6 Å². The molecule has 6 heteroatoms. The number of nitrogens with zero attached hydrogens (tertiary/aromatic N) is 2. The maximum absolute atomic E-state index is 6.08. The predicted octanol–water partition coefficient (Wildman–Crippen LogP) is 6.05. The topological polar surface area (TPSA) is 43.7 Å². The number of hydrogen-bond acceptors (Lipinski definition) is 4. The van der Waals surface area contributed by atoms with Crippen LogP contribution >= 0.6 is 23.2 Å². The summed E-state index contributed by atoms with van der Waals surface area (Å²) in [4.78, 5) is 9.66. The minimum Gasteiger partial charge on any atom is -0.438 e. The summed E-state index contributed by atoms with van der Waals surface area (Å²) >= 11 is 11.9. The first kappa shape index (κ1) is 16.9. The number of pyridine rings is 1. The van der Waals surface area contributed by atoms with Gasteiger partial charge in [-0.1, -0.05) is 58.7 Å². The molecule has 2 aromatic carbocycles. The van der Waals surface area contributed by atoms with Gasteiger partial charge in [-0.25, -0.2) is 4.98 Å². The SMILES string of the molecule is Clc1cnc(Oc2ccc(C3=NOC(c4ccccc4)C3)cc2)c(Cl)c1. The van der Waals surface area contributed by atoms with Gasteiger partial charge in [-0.3, -0.25) is 0 Å². The maximum Gasteiger partial charge on any atom is 0.238 e. The Labute approximate surface area is 161 Å². The fourth-order valence-corrected chi connectivity index (χ4v) is 3.12. The van der Waals surface area contributed by atoms with Crippen LogP contribution < -0.4 is 4.74 Å². The molecule has 130 valence electrons. The molecular weight excluding hydrogens is 371 g/mol. The van der Waals surface area contributed by atoms with Gasteiger partial charge >= 0.3 is 0 Å². The van der Waals surface area contributed by atoms with E-state index in [9.17, 15) is 0 Å².